The van der Waals surface area contributed by atoms with Crippen molar-refractivity contribution >= 4 is 27.5 Å². The first-order valence-electron chi connectivity index (χ1n) is 7.17. The van der Waals surface area contributed by atoms with Gasteiger partial charge in [0, 0.05) is 10.0 Å². The van der Waals surface area contributed by atoms with Crippen LogP contribution in [0.3, 0.4) is 0 Å². The van der Waals surface area contributed by atoms with Crippen molar-refractivity contribution in [2.75, 3.05) is 26.0 Å². The van der Waals surface area contributed by atoms with Crippen molar-refractivity contribution in [3.63, 3.8) is 0 Å². The van der Waals surface area contributed by atoms with Gasteiger partial charge in [-0.25, -0.2) is 4.39 Å². The Morgan fingerprint density at radius 2 is 2.09 bits per heavy atom. The highest BCUT2D eigenvalue weighted by Crippen LogP contribution is 2.19. The maximum atomic E-state index is 13.7. The molecule has 0 aliphatic carbocycles. The van der Waals surface area contributed by atoms with Gasteiger partial charge >= 0.3 is 0 Å². The van der Waals surface area contributed by atoms with Gasteiger partial charge < -0.3 is 15.0 Å². The number of quaternary nitrogens is 1. The first kappa shape index (κ1) is 17.4. The van der Waals surface area contributed by atoms with Gasteiger partial charge in [-0.3, -0.25) is 4.79 Å². The molecule has 0 aliphatic heterocycles. The van der Waals surface area contributed by atoms with Crippen molar-refractivity contribution in [1.29, 1.82) is 0 Å². The van der Waals surface area contributed by atoms with Crippen LogP contribution < -0.4 is 15.0 Å². The SMILES string of the molecule is COc1cccc(C[NH+](C)CC(=O)Nc2ccc(Br)cc2F)c1. The fraction of sp³-hybridized carbons (Fsp3) is 0.235. The number of hydrogen-bond donors (Lipinski definition) is 2. The van der Waals surface area contributed by atoms with Gasteiger partial charge in [-0.05, 0) is 30.3 Å². The van der Waals surface area contributed by atoms with E-state index in [0.717, 1.165) is 16.2 Å². The van der Waals surface area contributed by atoms with E-state index in [1.807, 2.05) is 31.3 Å². The second-order valence-corrected chi connectivity index (χ2v) is 6.25. The minimum atomic E-state index is -0.460. The Kier molecular flexibility index (Phi) is 6.12. The number of carbonyl (C=O) groups excluding carboxylic acids is 1. The number of methoxy groups -OCH3 is 1. The van der Waals surface area contributed by atoms with Crippen molar-refractivity contribution in [3.8, 4) is 5.75 Å². The van der Waals surface area contributed by atoms with Gasteiger partial charge in [0.2, 0.25) is 0 Å². The van der Waals surface area contributed by atoms with Gasteiger partial charge in [0.05, 0.1) is 19.8 Å². The number of nitrogens with one attached hydrogen (secondary N) is 2. The fourth-order valence-electron chi connectivity index (χ4n) is 2.25. The number of anilines is 1. The molecule has 1 amide bonds. The molecule has 0 bridgehead atoms. The van der Waals surface area contributed by atoms with Crippen molar-refractivity contribution in [2.24, 2.45) is 0 Å². The van der Waals surface area contributed by atoms with Gasteiger partial charge in [-0.15, -0.1) is 0 Å². The zero-order valence-corrected chi connectivity index (χ0v) is 14.6. The molecule has 0 spiro atoms. The Bertz CT molecular complexity index is 694. The monoisotopic (exact) mass is 381 g/mol. The Balaban J connectivity index is 1.91. The summed E-state index contributed by atoms with van der Waals surface area (Å²) >= 11 is 3.18. The van der Waals surface area contributed by atoms with Gasteiger partial charge in [-0.2, -0.15) is 0 Å². The molecular weight excluding hydrogens is 363 g/mol. The normalized spacial score (nSPS) is 11.8. The maximum Gasteiger partial charge on any atom is 0.279 e. The Labute approximate surface area is 143 Å². The molecule has 23 heavy (non-hydrogen) atoms. The maximum absolute atomic E-state index is 13.7. The third kappa shape index (κ3) is 5.33. The lowest BCUT2D eigenvalue weighted by molar-refractivity contribution is -0.885. The van der Waals surface area contributed by atoms with E-state index in [9.17, 15) is 9.18 Å². The van der Waals surface area contributed by atoms with Crippen LogP contribution in [-0.2, 0) is 11.3 Å². The predicted octanol–water partition coefficient (Wildman–Crippen LogP) is 2.25. The summed E-state index contributed by atoms with van der Waals surface area (Å²) in [4.78, 5) is 13.0. The van der Waals surface area contributed by atoms with Crippen LogP contribution in [0.1, 0.15) is 5.56 Å². The molecule has 0 heterocycles. The molecule has 2 N–H and O–H groups in total. The lowest BCUT2D eigenvalue weighted by Gasteiger charge is -2.14. The number of benzene rings is 2. The van der Waals surface area contributed by atoms with Crippen LogP contribution in [0.2, 0.25) is 0 Å². The Morgan fingerprint density at radius 3 is 2.78 bits per heavy atom. The summed E-state index contributed by atoms with van der Waals surface area (Å²) in [7, 11) is 3.53. The van der Waals surface area contributed by atoms with Crippen LogP contribution >= 0.6 is 15.9 Å². The molecule has 0 saturated heterocycles. The summed E-state index contributed by atoms with van der Waals surface area (Å²) in [6, 6.07) is 12.3. The predicted molar refractivity (Wildman–Crippen MR) is 91.2 cm³/mol. The summed E-state index contributed by atoms with van der Waals surface area (Å²) < 4.78 is 19.5. The third-order valence-electron chi connectivity index (χ3n) is 3.31. The topological polar surface area (TPSA) is 42.8 Å². The van der Waals surface area contributed by atoms with E-state index in [2.05, 4.69) is 21.2 Å². The van der Waals surface area contributed by atoms with E-state index in [4.69, 9.17) is 4.74 Å². The number of rotatable bonds is 6. The zero-order chi connectivity index (χ0) is 16.8. The quantitative estimate of drug-likeness (QED) is 0.805. The second-order valence-electron chi connectivity index (χ2n) is 5.33. The van der Waals surface area contributed by atoms with Gasteiger partial charge in [0.15, 0.2) is 6.54 Å². The number of amides is 1. The molecular formula is C17H19BrFN2O2+. The summed E-state index contributed by atoms with van der Waals surface area (Å²) in [5.41, 5.74) is 1.26. The van der Waals surface area contributed by atoms with E-state index in [1.54, 1.807) is 13.2 Å². The number of likely N-dealkylation sites (N-methyl/N-ethyl adjacent to an activating group) is 1. The van der Waals surface area contributed by atoms with Crippen LogP contribution in [0.4, 0.5) is 10.1 Å². The Hall–Kier alpha value is -1.92. The standard InChI is InChI=1S/C17H18BrFN2O2/c1-21(10-12-4-3-5-14(8-12)23-2)11-17(22)20-16-7-6-13(18)9-15(16)19/h3-9H,10-11H2,1-2H3,(H,20,22)/p+1. The van der Waals surface area contributed by atoms with Crippen molar-refractivity contribution in [3.05, 3.63) is 58.3 Å². The highest BCUT2D eigenvalue weighted by atomic mass is 79.9. The molecule has 0 fully saturated rings. The fourth-order valence-corrected chi connectivity index (χ4v) is 2.59. The molecule has 2 aromatic rings. The van der Waals surface area contributed by atoms with Crippen LogP contribution in [-0.4, -0.2) is 26.6 Å². The lowest BCUT2D eigenvalue weighted by Crippen LogP contribution is -3.08. The largest absolute Gasteiger partial charge is 0.497 e. The van der Waals surface area contributed by atoms with E-state index in [0.29, 0.717) is 11.0 Å². The molecule has 122 valence electrons. The number of ether oxygens (including phenoxy) is 1. The van der Waals surface area contributed by atoms with Crippen molar-refractivity contribution < 1.29 is 18.8 Å². The van der Waals surface area contributed by atoms with E-state index in [1.165, 1.54) is 12.1 Å². The van der Waals surface area contributed by atoms with E-state index < -0.39 is 5.82 Å². The molecule has 0 saturated carbocycles. The van der Waals surface area contributed by atoms with Crippen LogP contribution in [0.5, 0.6) is 5.75 Å². The van der Waals surface area contributed by atoms with Gasteiger partial charge in [-0.1, -0.05) is 28.1 Å². The molecule has 0 aromatic heterocycles. The summed E-state index contributed by atoms with van der Waals surface area (Å²) in [5, 5.41) is 2.60. The minimum Gasteiger partial charge on any atom is -0.497 e. The molecule has 1 atom stereocenters. The average molecular weight is 382 g/mol. The molecule has 6 heteroatoms. The first-order chi connectivity index (χ1) is 11.0. The molecule has 2 rings (SSSR count). The number of carbonyl (C=O) groups is 1. The highest BCUT2D eigenvalue weighted by molar-refractivity contribution is 9.10. The van der Waals surface area contributed by atoms with Crippen molar-refractivity contribution in [2.45, 2.75) is 6.54 Å². The zero-order valence-electron chi connectivity index (χ0n) is 13.0. The number of hydrogen-bond acceptors (Lipinski definition) is 2. The second kappa shape index (κ2) is 8.08. The lowest BCUT2D eigenvalue weighted by atomic mass is 10.2. The Morgan fingerprint density at radius 1 is 1.30 bits per heavy atom. The highest BCUT2D eigenvalue weighted by Gasteiger charge is 2.13. The summed E-state index contributed by atoms with van der Waals surface area (Å²) in [5.74, 6) is 0.0986. The number of halogens is 2. The van der Waals surface area contributed by atoms with E-state index >= 15 is 0 Å². The molecule has 0 radical (unpaired) electrons. The summed E-state index contributed by atoms with van der Waals surface area (Å²) in [6.07, 6.45) is 0. The molecule has 4 nitrogen and oxygen atoms in total. The van der Waals surface area contributed by atoms with Crippen LogP contribution in [0.25, 0.3) is 0 Å². The molecule has 2 aromatic carbocycles. The smallest absolute Gasteiger partial charge is 0.279 e. The van der Waals surface area contributed by atoms with E-state index in [-0.39, 0.29) is 18.1 Å². The van der Waals surface area contributed by atoms with Gasteiger partial charge in [0.25, 0.3) is 5.91 Å². The molecule has 1 unspecified atom stereocenters. The summed E-state index contributed by atoms with van der Waals surface area (Å²) in [6.45, 7) is 0.917. The van der Waals surface area contributed by atoms with Crippen LogP contribution in [0, 0.1) is 5.82 Å². The van der Waals surface area contributed by atoms with Gasteiger partial charge in [0.1, 0.15) is 18.1 Å². The average Bonchev–Trinajstić information content (AvgIpc) is 2.50. The first-order valence-corrected chi connectivity index (χ1v) is 7.96. The van der Waals surface area contributed by atoms with Crippen molar-refractivity contribution in [1.82, 2.24) is 0 Å². The third-order valence-corrected chi connectivity index (χ3v) is 3.80. The minimum absolute atomic E-state index is 0.187. The molecule has 0 aliphatic rings. The van der Waals surface area contributed by atoms with Crippen LogP contribution in [0.15, 0.2) is 46.9 Å².